The van der Waals surface area contributed by atoms with Gasteiger partial charge in [-0.2, -0.15) is 0 Å². The molecule has 0 unspecified atom stereocenters. The Morgan fingerprint density at radius 3 is 1.41 bits per heavy atom. The molecule has 2 fully saturated rings. The van der Waals surface area contributed by atoms with Gasteiger partial charge in [-0.25, -0.2) is 0 Å². The molecule has 0 radical (unpaired) electrons. The molecule has 0 aromatic carbocycles. The molecule has 100 valence electrons. The minimum atomic E-state index is 0.712. The molecular formula is C13H26N2S2. The Hall–Kier alpha value is 0.620. The van der Waals surface area contributed by atoms with Crippen molar-refractivity contribution in [3.8, 4) is 0 Å². The maximum Gasteiger partial charge on any atom is 0.0441 e. The molecule has 2 rings (SSSR count). The summed E-state index contributed by atoms with van der Waals surface area (Å²) in [7, 11) is 0. The fourth-order valence-corrected chi connectivity index (χ4v) is 4.42. The van der Waals surface area contributed by atoms with Gasteiger partial charge in [0.15, 0.2) is 0 Å². The maximum atomic E-state index is 2.63. The van der Waals surface area contributed by atoms with Crippen molar-refractivity contribution in [2.75, 3.05) is 50.4 Å². The van der Waals surface area contributed by atoms with Crippen LogP contribution in [0.15, 0.2) is 0 Å². The van der Waals surface area contributed by atoms with Gasteiger partial charge in [-0.05, 0) is 69.8 Å². The van der Waals surface area contributed by atoms with Crippen LogP contribution >= 0.6 is 23.5 Å². The van der Waals surface area contributed by atoms with Gasteiger partial charge in [-0.1, -0.05) is 0 Å². The summed E-state index contributed by atoms with van der Waals surface area (Å²) in [4.78, 5) is 5.26. The summed E-state index contributed by atoms with van der Waals surface area (Å²) in [6, 6.07) is 0. The van der Waals surface area contributed by atoms with E-state index in [-0.39, 0.29) is 0 Å². The molecule has 0 aliphatic carbocycles. The van der Waals surface area contributed by atoms with E-state index < -0.39 is 0 Å². The van der Waals surface area contributed by atoms with Crippen LogP contribution in [0.2, 0.25) is 0 Å². The van der Waals surface area contributed by atoms with Crippen LogP contribution in [0.3, 0.4) is 0 Å². The molecule has 0 amide bonds. The van der Waals surface area contributed by atoms with Crippen molar-refractivity contribution in [1.82, 2.24) is 9.80 Å². The summed E-state index contributed by atoms with van der Waals surface area (Å²) in [6.45, 7) is 5.35. The van der Waals surface area contributed by atoms with Gasteiger partial charge < -0.3 is 0 Å². The first-order valence-corrected chi connectivity index (χ1v) is 9.49. The lowest BCUT2D eigenvalue weighted by molar-refractivity contribution is 0.0478. The molecule has 0 bridgehead atoms. The zero-order valence-electron chi connectivity index (χ0n) is 11.3. The van der Waals surface area contributed by atoms with Gasteiger partial charge in [0, 0.05) is 11.8 Å². The Labute approximate surface area is 115 Å². The third kappa shape index (κ3) is 3.79. The Morgan fingerprint density at radius 1 is 0.765 bits per heavy atom. The lowest BCUT2D eigenvalue weighted by Gasteiger charge is -2.46. The van der Waals surface area contributed by atoms with E-state index >= 15 is 0 Å². The lowest BCUT2D eigenvalue weighted by Crippen LogP contribution is -2.46. The molecular weight excluding hydrogens is 248 g/mol. The van der Waals surface area contributed by atoms with E-state index in [9.17, 15) is 0 Å². The third-order valence-corrected chi connectivity index (χ3v) is 5.70. The van der Waals surface area contributed by atoms with Crippen LogP contribution in [0.4, 0.5) is 0 Å². The molecule has 0 atom stereocenters. The van der Waals surface area contributed by atoms with Gasteiger partial charge in [0.05, 0.1) is 0 Å². The Kier molecular flexibility index (Phi) is 5.52. The van der Waals surface area contributed by atoms with Crippen molar-refractivity contribution in [2.45, 2.75) is 25.7 Å². The van der Waals surface area contributed by atoms with Crippen molar-refractivity contribution >= 4 is 23.5 Å². The molecule has 2 nitrogen and oxygen atoms in total. The second-order valence-electron chi connectivity index (χ2n) is 5.57. The topological polar surface area (TPSA) is 6.48 Å². The normalized spacial score (nSPS) is 26.5. The molecule has 0 N–H and O–H groups in total. The minimum Gasteiger partial charge on any atom is -0.294 e. The van der Waals surface area contributed by atoms with E-state index in [4.69, 9.17) is 0 Å². The van der Waals surface area contributed by atoms with E-state index in [0.717, 1.165) is 0 Å². The number of thioether (sulfide) groups is 2. The first-order valence-electron chi connectivity index (χ1n) is 6.71. The molecule has 17 heavy (non-hydrogen) atoms. The van der Waals surface area contributed by atoms with Crippen molar-refractivity contribution in [2.24, 2.45) is 5.41 Å². The summed E-state index contributed by atoms with van der Waals surface area (Å²) in [5.41, 5.74) is 0.712. The van der Waals surface area contributed by atoms with Crippen LogP contribution in [0.1, 0.15) is 25.7 Å². The second-order valence-corrected chi connectivity index (χ2v) is 7.24. The van der Waals surface area contributed by atoms with Gasteiger partial charge >= 0.3 is 0 Å². The van der Waals surface area contributed by atoms with Crippen LogP contribution in [0.25, 0.3) is 0 Å². The van der Waals surface area contributed by atoms with E-state index in [2.05, 4.69) is 22.3 Å². The van der Waals surface area contributed by atoms with Crippen molar-refractivity contribution < 1.29 is 0 Å². The first kappa shape index (κ1) is 14.0. The molecule has 0 saturated carbocycles. The van der Waals surface area contributed by atoms with Crippen molar-refractivity contribution in [3.63, 3.8) is 0 Å². The highest BCUT2D eigenvalue weighted by atomic mass is 32.2. The largest absolute Gasteiger partial charge is 0.294 e. The SMILES string of the molecule is CSCN1CCC2(CC1)CCN(CSC)CC2. The molecule has 0 aromatic heterocycles. The van der Waals surface area contributed by atoms with Gasteiger partial charge in [-0.15, -0.1) is 23.5 Å². The number of nitrogens with zero attached hydrogens (tertiary/aromatic N) is 2. The van der Waals surface area contributed by atoms with E-state index in [1.54, 1.807) is 0 Å². The highest BCUT2D eigenvalue weighted by Crippen LogP contribution is 2.41. The highest BCUT2D eigenvalue weighted by Gasteiger charge is 2.37. The van der Waals surface area contributed by atoms with Gasteiger partial charge in [0.2, 0.25) is 0 Å². The minimum absolute atomic E-state index is 0.712. The fraction of sp³-hybridized carbons (Fsp3) is 1.00. The van der Waals surface area contributed by atoms with Gasteiger partial charge in [-0.3, -0.25) is 9.80 Å². The zero-order valence-corrected chi connectivity index (χ0v) is 12.9. The van der Waals surface area contributed by atoms with Crippen LogP contribution in [-0.4, -0.2) is 60.2 Å². The molecule has 2 aliphatic heterocycles. The van der Waals surface area contributed by atoms with E-state index in [1.807, 2.05) is 23.5 Å². The Bertz CT molecular complexity index is 192. The summed E-state index contributed by atoms with van der Waals surface area (Å²) < 4.78 is 0. The van der Waals surface area contributed by atoms with E-state index in [0.29, 0.717) is 5.41 Å². The zero-order chi connectivity index (χ0) is 12.1. The quantitative estimate of drug-likeness (QED) is 0.777. The predicted molar refractivity (Wildman–Crippen MR) is 80.8 cm³/mol. The summed E-state index contributed by atoms with van der Waals surface area (Å²) >= 11 is 3.93. The lowest BCUT2D eigenvalue weighted by atomic mass is 9.71. The monoisotopic (exact) mass is 274 g/mol. The molecule has 2 saturated heterocycles. The highest BCUT2D eigenvalue weighted by molar-refractivity contribution is 7.98. The Morgan fingerprint density at radius 2 is 1.12 bits per heavy atom. The first-order chi connectivity index (χ1) is 8.28. The van der Waals surface area contributed by atoms with Crippen LogP contribution < -0.4 is 0 Å². The van der Waals surface area contributed by atoms with E-state index in [1.165, 1.54) is 63.6 Å². The second kappa shape index (κ2) is 6.69. The smallest absolute Gasteiger partial charge is 0.0441 e. The average Bonchev–Trinajstić information content (AvgIpc) is 2.36. The van der Waals surface area contributed by atoms with Gasteiger partial charge in [0.1, 0.15) is 0 Å². The Balaban J connectivity index is 1.76. The summed E-state index contributed by atoms with van der Waals surface area (Å²) in [5, 5.41) is 0. The number of likely N-dealkylation sites (tertiary alicyclic amines) is 2. The average molecular weight is 274 g/mol. The summed E-state index contributed by atoms with van der Waals surface area (Å²) in [6.07, 6.45) is 10.2. The molecule has 0 aromatic rings. The molecule has 1 spiro atoms. The molecule has 4 heteroatoms. The predicted octanol–water partition coefficient (Wildman–Crippen LogP) is 2.81. The third-order valence-electron chi connectivity index (χ3n) is 4.46. The number of piperidine rings is 2. The van der Waals surface area contributed by atoms with Crippen molar-refractivity contribution in [1.29, 1.82) is 0 Å². The maximum absolute atomic E-state index is 2.63. The van der Waals surface area contributed by atoms with Crippen LogP contribution in [0.5, 0.6) is 0 Å². The molecule has 2 heterocycles. The van der Waals surface area contributed by atoms with Gasteiger partial charge in [0.25, 0.3) is 0 Å². The summed E-state index contributed by atoms with van der Waals surface area (Å²) in [5.74, 6) is 2.46. The standard InChI is InChI=1S/C13H26N2S2/c1-16-11-14-7-3-13(4-8-14)5-9-15(10-6-13)12-17-2/h3-12H2,1-2H3. The number of hydrogen-bond acceptors (Lipinski definition) is 4. The van der Waals surface area contributed by atoms with Crippen LogP contribution in [-0.2, 0) is 0 Å². The van der Waals surface area contributed by atoms with Crippen molar-refractivity contribution in [3.05, 3.63) is 0 Å². The number of hydrogen-bond donors (Lipinski definition) is 0. The number of rotatable bonds is 4. The van der Waals surface area contributed by atoms with Crippen LogP contribution in [0, 0.1) is 5.41 Å². The fourth-order valence-electron chi connectivity index (χ4n) is 3.18. The molecule has 2 aliphatic rings.